The topological polar surface area (TPSA) is 87.7 Å². The minimum Gasteiger partial charge on any atom is -0.481 e. The van der Waals surface area contributed by atoms with Crippen LogP contribution in [0.5, 0.6) is 0 Å². The minimum atomic E-state index is -1.08. The lowest BCUT2D eigenvalue weighted by Crippen LogP contribution is -2.00. The van der Waals surface area contributed by atoms with Crippen LogP contribution in [0.3, 0.4) is 0 Å². The van der Waals surface area contributed by atoms with Gasteiger partial charge in [0.25, 0.3) is 0 Å². The summed E-state index contributed by atoms with van der Waals surface area (Å²) in [5.41, 5.74) is 0. The standard InChI is InChI=1S/C4H6O4.C4H4O/c5-3(6)1-2-4(7)8;1-2-4-5-3-1/h1-2H2,(H,5,6)(H,7,8);1-4H. The highest BCUT2D eigenvalue weighted by Crippen LogP contribution is 1.86. The van der Waals surface area contributed by atoms with E-state index in [0.29, 0.717) is 0 Å². The summed E-state index contributed by atoms with van der Waals surface area (Å²) in [4.78, 5) is 19.3. The average molecular weight is 186 g/mol. The van der Waals surface area contributed by atoms with E-state index in [0.717, 1.165) is 0 Å². The van der Waals surface area contributed by atoms with Crippen molar-refractivity contribution in [2.24, 2.45) is 0 Å². The van der Waals surface area contributed by atoms with Crippen molar-refractivity contribution in [1.29, 1.82) is 0 Å². The highest BCUT2D eigenvalue weighted by atomic mass is 16.4. The van der Waals surface area contributed by atoms with Crippen LogP contribution in [0, 0.1) is 0 Å². The van der Waals surface area contributed by atoms with Gasteiger partial charge < -0.3 is 14.6 Å². The molecule has 5 heteroatoms. The molecule has 72 valence electrons. The molecule has 0 atom stereocenters. The summed E-state index contributed by atoms with van der Waals surface area (Å²) < 4.78 is 4.58. The van der Waals surface area contributed by atoms with Crippen LogP contribution in [0.1, 0.15) is 12.8 Å². The van der Waals surface area contributed by atoms with Crippen LogP contribution in [-0.2, 0) is 9.59 Å². The Kier molecular flexibility index (Phi) is 5.96. The number of rotatable bonds is 3. The quantitative estimate of drug-likeness (QED) is 0.740. The third-order valence-electron chi connectivity index (χ3n) is 0.978. The Morgan fingerprint density at radius 3 is 1.54 bits per heavy atom. The van der Waals surface area contributed by atoms with Gasteiger partial charge in [-0.05, 0) is 12.1 Å². The molecule has 0 bridgehead atoms. The molecule has 0 spiro atoms. The molecule has 0 saturated carbocycles. The van der Waals surface area contributed by atoms with Gasteiger partial charge in [0, 0.05) is 0 Å². The second-order valence-corrected chi connectivity index (χ2v) is 2.08. The Bertz CT molecular complexity index is 208. The van der Waals surface area contributed by atoms with E-state index in [1.54, 1.807) is 12.5 Å². The molecule has 1 aromatic rings. The first kappa shape index (κ1) is 11.2. The number of carboxylic acid groups (broad SMARTS) is 2. The average Bonchev–Trinajstić information content (AvgIpc) is 2.57. The van der Waals surface area contributed by atoms with Crippen molar-refractivity contribution in [2.75, 3.05) is 0 Å². The van der Waals surface area contributed by atoms with Crippen LogP contribution >= 0.6 is 0 Å². The van der Waals surface area contributed by atoms with Crippen LogP contribution < -0.4 is 0 Å². The van der Waals surface area contributed by atoms with Gasteiger partial charge in [0.05, 0.1) is 25.4 Å². The molecule has 2 N–H and O–H groups in total. The fourth-order valence-electron chi connectivity index (χ4n) is 0.441. The van der Waals surface area contributed by atoms with Crippen molar-refractivity contribution >= 4 is 11.9 Å². The predicted molar refractivity (Wildman–Crippen MR) is 43.2 cm³/mol. The molecule has 0 radical (unpaired) electrons. The fraction of sp³-hybridized carbons (Fsp3) is 0.250. The summed E-state index contributed by atoms with van der Waals surface area (Å²) >= 11 is 0. The van der Waals surface area contributed by atoms with Gasteiger partial charge in [-0.3, -0.25) is 9.59 Å². The van der Waals surface area contributed by atoms with Gasteiger partial charge in [-0.2, -0.15) is 0 Å². The summed E-state index contributed by atoms with van der Waals surface area (Å²) in [6.45, 7) is 0. The van der Waals surface area contributed by atoms with Gasteiger partial charge in [-0.1, -0.05) is 0 Å². The molecule has 0 aliphatic rings. The van der Waals surface area contributed by atoms with Crippen molar-refractivity contribution in [3.05, 3.63) is 24.7 Å². The van der Waals surface area contributed by atoms with Crippen LogP contribution in [0.4, 0.5) is 0 Å². The number of hydrogen-bond acceptors (Lipinski definition) is 3. The van der Waals surface area contributed by atoms with E-state index in [-0.39, 0.29) is 12.8 Å². The van der Waals surface area contributed by atoms with E-state index >= 15 is 0 Å². The van der Waals surface area contributed by atoms with E-state index in [1.807, 2.05) is 12.1 Å². The maximum absolute atomic E-state index is 9.64. The summed E-state index contributed by atoms with van der Waals surface area (Å²) in [7, 11) is 0. The monoisotopic (exact) mass is 186 g/mol. The SMILES string of the molecule is O=C(O)CCC(=O)O.c1ccoc1. The summed E-state index contributed by atoms with van der Waals surface area (Å²) in [5, 5.41) is 15.8. The Hall–Kier alpha value is -1.78. The number of carboxylic acids is 2. The zero-order valence-electron chi connectivity index (χ0n) is 6.84. The molecule has 1 heterocycles. The number of furan rings is 1. The second kappa shape index (κ2) is 6.90. The van der Waals surface area contributed by atoms with Gasteiger partial charge in [0.2, 0.25) is 0 Å². The number of aliphatic carboxylic acids is 2. The van der Waals surface area contributed by atoms with E-state index in [4.69, 9.17) is 10.2 Å². The highest BCUT2D eigenvalue weighted by Gasteiger charge is 2.00. The molecule has 0 fully saturated rings. The van der Waals surface area contributed by atoms with Crippen LogP contribution in [0.25, 0.3) is 0 Å². The Morgan fingerprint density at radius 1 is 1.00 bits per heavy atom. The molecule has 1 rings (SSSR count). The maximum Gasteiger partial charge on any atom is 0.303 e. The number of hydrogen-bond donors (Lipinski definition) is 2. The van der Waals surface area contributed by atoms with E-state index in [9.17, 15) is 9.59 Å². The van der Waals surface area contributed by atoms with Crippen molar-refractivity contribution in [3.63, 3.8) is 0 Å². The van der Waals surface area contributed by atoms with Crippen molar-refractivity contribution in [1.82, 2.24) is 0 Å². The van der Waals surface area contributed by atoms with Crippen molar-refractivity contribution < 1.29 is 24.2 Å². The lowest BCUT2D eigenvalue weighted by molar-refractivity contribution is -0.143. The molecule has 0 unspecified atom stereocenters. The Morgan fingerprint density at radius 2 is 1.38 bits per heavy atom. The lowest BCUT2D eigenvalue weighted by atomic mass is 10.3. The zero-order chi connectivity index (χ0) is 10.1. The molecular formula is C8H10O5. The number of carbonyl (C=O) groups is 2. The third-order valence-corrected chi connectivity index (χ3v) is 0.978. The Balaban J connectivity index is 0.000000243. The molecule has 1 aromatic heterocycles. The second-order valence-electron chi connectivity index (χ2n) is 2.08. The van der Waals surface area contributed by atoms with Crippen LogP contribution in [0.2, 0.25) is 0 Å². The first-order valence-corrected chi connectivity index (χ1v) is 3.53. The van der Waals surface area contributed by atoms with E-state index in [1.165, 1.54) is 0 Å². The Labute approximate surface area is 74.6 Å². The van der Waals surface area contributed by atoms with Gasteiger partial charge in [-0.15, -0.1) is 0 Å². The first-order valence-electron chi connectivity index (χ1n) is 3.53. The molecule has 13 heavy (non-hydrogen) atoms. The summed E-state index contributed by atoms with van der Waals surface area (Å²) in [6, 6.07) is 3.67. The van der Waals surface area contributed by atoms with Gasteiger partial charge in [-0.25, -0.2) is 0 Å². The van der Waals surface area contributed by atoms with Gasteiger partial charge in [0.15, 0.2) is 0 Å². The molecule has 0 amide bonds. The maximum atomic E-state index is 9.64. The minimum absolute atomic E-state index is 0.296. The molecule has 0 aliphatic carbocycles. The fourth-order valence-corrected chi connectivity index (χ4v) is 0.441. The largest absolute Gasteiger partial charge is 0.481 e. The predicted octanol–water partition coefficient (Wildman–Crippen LogP) is 1.22. The third kappa shape index (κ3) is 10.2. The first-order chi connectivity index (χ1) is 6.13. The van der Waals surface area contributed by atoms with Gasteiger partial charge >= 0.3 is 11.9 Å². The molecule has 0 aliphatic heterocycles. The van der Waals surface area contributed by atoms with Crippen molar-refractivity contribution in [3.8, 4) is 0 Å². The van der Waals surface area contributed by atoms with Crippen LogP contribution in [-0.4, -0.2) is 22.2 Å². The van der Waals surface area contributed by atoms with E-state index < -0.39 is 11.9 Å². The van der Waals surface area contributed by atoms with Crippen LogP contribution in [0.15, 0.2) is 29.1 Å². The van der Waals surface area contributed by atoms with Gasteiger partial charge in [0.1, 0.15) is 0 Å². The summed E-state index contributed by atoms with van der Waals surface area (Å²) in [6.07, 6.45) is 2.66. The molecular weight excluding hydrogens is 176 g/mol. The molecule has 0 aromatic carbocycles. The lowest BCUT2D eigenvalue weighted by Gasteiger charge is -1.85. The van der Waals surface area contributed by atoms with E-state index in [2.05, 4.69) is 4.42 Å². The normalized spacial score (nSPS) is 8.31. The zero-order valence-corrected chi connectivity index (χ0v) is 6.84. The molecule has 5 nitrogen and oxygen atoms in total. The van der Waals surface area contributed by atoms with Crippen molar-refractivity contribution in [2.45, 2.75) is 12.8 Å². The smallest absolute Gasteiger partial charge is 0.303 e. The highest BCUT2D eigenvalue weighted by molar-refractivity contribution is 5.75. The summed E-state index contributed by atoms with van der Waals surface area (Å²) in [5.74, 6) is -2.15. The molecule has 0 saturated heterocycles.